The minimum absolute atomic E-state index is 0.360. The van der Waals surface area contributed by atoms with Gasteiger partial charge in [-0.3, -0.25) is 0 Å². The maximum atomic E-state index is 10.8. The summed E-state index contributed by atoms with van der Waals surface area (Å²) in [5.74, 6) is 0.378. The molecular formula is C8H7NO3S. The Morgan fingerprint density at radius 1 is 1.31 bits per heavy atom. The summed E-state index contributed by atoms with van der Waals surface area (Å²) in [5, 5.41) is -0.360. The van der Waals surface area contributed by atoms with Crippen molar-refractivity contribution in [3.05, 3.63) is 30.3 Å². The fourth-order valence-corrected chi connectivity index (χ4v) is 0.756. The molecule has 5 heteroatoms. The Morgan fingerprint density at radius 2 is 1.92 bits per heavy atom. The number of carbonyl (C=O) groups excluding carboxylic acids is 1. The molecule has 0 atom stereocenters. The number of rotatable bonds is 1. The van der Waals surface area contributed by atoms with Gasteiger partial charge < -0.3 is 15.2 Å². The van der Waals surface area contributed by atoms with E-state index in [0.717, 1.165) is 0 Å². The van der Waals surface area contributed by atoms with Crippen LogP contribution >= 0.6 is 12.2 Å². The van der Waals surface area contributed by atoms with Gasteiger partial charge in [0.25, 0.3) is 5.17 Å². The van der Waals surface area contributed by atoms with Gasteiger partial charge in [0.05, 0.1) is 0 Å². The average molecular weight is 197 g/mol. The number of carbonyl (C=O) groups is 1. The Labute approximate surface area is 80.2 Å². The van der Waals surface area contributed by atoms with Crippen LogP contribution < -0.4 is 10.5 Å². The molecule has 4 nitrogen and oxygen atoms in total. The number of ether oxygens (including phenoxy) is 2. The third kappa shape index (κ3) is 3.53. The van der Waals surface area contributed by atoms with Crippen LogP contribution in [0, 0.1) is 0 Å². The number of nitrogens with two attached hydrogens (primary N) is 1. The van der Waals surface area contributed by atoms with E-state index in [1.54, 1.807) is 30.3 Å². The average Bonchev–Trinajstić information content (AvgIpc) is 2.04. The van der Waals surface area contributed by atoms with Crippen LogP contribution in [0.15, 0.2) is 30.3 Å². The lowest BCUT2D eigenvalue weighted by atomic mass is 10.3. The molecule has 13 heavy (non-hydrogen) atoms. The van der Waals surface area contributed by atoms with Crippen LogP contribution in [0.25, 0.3) is 0 Å². The standard InChI is InChI=1S/C8H7NO3S/c9-7(13)12-8(10)11-6-4-2-1-3-5-6/h1-5H,(H2,9,13). The largest absolute Gasteiger partial charge is 0.521 e. The lowest BCUT2D eigenvalue weighted by Gasteiger charge is -2.02. The maximum absolute atomic E-state index is 10.8. The molecule has 0 aliphatic rings. The quantitative estimate of drug-likeness (QED) is 0.419. The highest BCUT2D eigenvalue weighted by Crippen LogP contribution is 2.08. The number of hydrogen-bond donors (Lipinski definition) is 1. The topological polar surface area (TPSA) is 61.5 Å². The minimum atomic E-state index is -0.932. The third-order valence-corrected chi connectivity index (χ3v) is 1.21. The second-order valence-corrected chi connectivity index (χ2v) is 2.49. The highest BCUT2D eigenvalue weighted by atomic mass is 32.1. The fraction of sp³-hybridized carbons (Fsp3) is 0. The molecule has 0 saturated carbocycles. The van der Waals surface area contributed by atoms with E-state index in [1.165, 1.54) is 0 Å². The highest BCUT2D eigenvalue weighted by molar-refractivity contribution is 7.80. The van der Waals surface area contributed by atoms with Crippen molar-refractivity contribution in [1.29, 1.82) is 0 Å². The van der Waals surface area contributed by atoms with Gasteiger partial charge in [-0.1, -0.05) is 18.2 Å². The zero-order chi connectivity index (χ0) is 9.68. The van der Waals surface area contributed by atoms with Crippen LogP contribution in [0.3, 0.4) is 0 Å². The van der Waals surface area contributed by atoms with E-state index >= 15 is 0 Å². The van der Waals surface area contributed by atoms with Gasteiger partial charge >= 0.3 is 6.16 Å². The fourth-order valence-electron chi connectivity index (χ4n) is 0.688. The molecule has 0 aliphatic carbocycles. The first kappa shape index (κ1) is 9.47. The number of para-hydroxylation sites is 1. The van der Waals surface area contributed by atoms with Gasteiger partial charge in [0.15, 0.2) is 0 Å². The molecule has 0 amide bonds. The van der Waals surface area contributed by atoms with Crippen molar-refractivity contribution in [1.82, 2.24) is 0 Å². The maximum Gasteiger partial charge on any atom is 0.521 e. The van der Waals surface area contributed by atoms with Crippen LogP contribution in [0.2, 0.25) is 0 Å². The van der Waals surface area contributed by atoms with Gasteiger partial charge in [0.1, 0.15) is 5.75 Å². The summed E-state index contributed by atoms with van der Waals surface area (Å²) < 4.78 is 9.00. The Morgan fingerprint density at radius 3 is 2.46 bits per heavy atom. The summed E-state index contributed by atoms with van der Waals surface area (Å²) in [4.78, 5) is 10.8. The molecule has 0 heterocycles. The van der Waals surface area contributed by atoms with Gasteiger partial charge in [0.2, 0.25) is 0 Å². The van der Waals surface area contributed by atoms with Crippen molar-refractivity contribution in [2.24, 2.45) is 5.73 Å². The summed E-state index contributed by atoms with van der Waals surface area (Å²) in [6.45, 7) is 0. The predicted octanol–water partition coefficient (Wildman–Crippen LogP) is 1.45. The molecular weight excluding hydrogens is 190 g/mol. The molecule has 1 rings (SSSR count). The highest BCUT2D eigenvalue weighted by Gasteiger charge is 2.06. The first-order valence-corrected chi connectivity index (χ1v) is 3.83. The smallest absolute Gasteiger partial charge is 0.395 e. The number of thiocarbonyl (C=S) groups is 1. The predicted molar refractivity (Wildman–Crippen MR) is 50.3 cm³/mol. The normalized spacial score (nSPS) is 8.92. The lowest BCUT2D eigenvalue weighted by molar-refractivity contribution is 0.149. The lowest BCUT2D eigenvalue weighted by Crippen LogP contribution is -2.20. The molecule has 0 fully saturated rings. The zero-order valence-corrected chi connectivity index (χ0v) is 7.41. The molecule has 0 aliphatic heterocycles. The summed E-state index contributed by atoms with van der Waals surface area (Å²) in [5.41, 5.74) is 4.96. The summed E-state index contributed by atoms with van der Waals surface area (Å²) in [7, 11) is 0. The van der Waals surface area contributed by atoms with Crippen LogP contribution in [0.4, 0.5) is 4.79 Å². The summed E-state index contributed by atoms with van der Waals surface area (Å²) in [6.07, 6.45) is -0.932. The third-order valence-electron chi connectivity index (χ3n) is 1.13. The summed E-state index contributed by atoms with van der Waals surface area (Å²) in [6, 6.07) is 8.47. The van der Waals surface area contributed by atoms with E-state index in [4.69, 9.17) is 10.5 Å². The zero-order valence-electron chi connectivity index (χ0n) is 6.60. The summed E-state index contributed by atoms with van der Waals surface area (Å²) >= 11 is 4.34. The Balaban J connectivity index is 2.50. The van der Waals surface area contributed by atoms with Crippen molar-refractivity contribution in [3.63, 3.8) is 0 Å². The van der Waals surface area contributed by atoms with Crippen LogP contribution in [0.1, 0.15) is 0 Å². The van der Waals surface area contributed by atoms with Crippen molar-refractivity contribution in [2.45, 2.75) is 0 Å². The van der Waals surface area contributed by atoms with Gasteiger partial charge in [-0.2, -0.15) is 0 Å². The van der Waals surface area contributed by atoms with Crippen LogP contribution in [0.5, 0.6) is 5.75 Å². The van der Waals surface area contributed by atoms with Crippen LogP contribution in [-0.4, -0.2) is 11.3 Å². The molecule has 0 aromatic heterocycles. The van der Waals surface area contributed by atoms with Crippen molar-refractivity contribution < 1.29 is 14.3 Å². The molecule has 0 radical (unpaired) electrons. The number of benzene rings is 1. The van der Waals surface area contributed by atoms with Crippen molar-refractivity contribution in [3.8, 4) is 5.75 Å². The van der Waals surface area contributed by atoms with E-state index in [0.29, 0.717) is 5.75 Å². The molecule has 0 bridgehead atoms. The van der Waals surface area contributed by atoms with Crippen molar-refractivity contribution in [2.75, 3.05) is 0 Å². The first-order chi connectivity index (χ1) is 6.18. The van der Waals surface area contributed by atoms with Gasteiger partial charge in [-0.05, 0) is 24.4 Å². The minimum Gasteiger partial charge on any atom is -0.395 e. The Bertz CT molecular complexity index is 312. The van der Waals surface area contributed by atoms with Crippen LogP contribution in [-0.2, 0) is 4.74 Å². The van der Waals surface area contributed by atoms with Gasteiger partial charge in [-0.25, -0.2) is 4.79 Å². The Kier molecular flexibility index (Phi) is 3.22. The molecule has 2 N–H and O–H groups in total. The van der Waals surface area contributed by atoms with E-state index in [9.17, 15) is 4.79 Å². The van der Waals surface area contributed by atoms with E-state index < -0.39 is 6.16 Å². The van der Waals surface area contributed by atoms with Gasteiger partial charge in [0, 0.05) is 0 Å². The monoisotopic (exact) mass is 197 g/mol. The second kappa shape index (κ2) is 4.42. The van der Waals surface area contributed by atoms with E-state index in [1.807, 2.05) is 0 Å². The first-order valence-electron chi connectivity index (χ1n) is 3.42. The number of hydrogen-bond acceptors (Lipinski definition) is 4. The SMILES string of the molecule is NC(=S)OC(=O)Oc1ccccc1. The molecule has 68 valence electrons. The second-order valence-electron chi connectivity index (χ2n) is 2.09. The molecule has 1 aromatic rings. The van der Waals surface area contributed by atoms with Crippen molar-refractivity contribution >= 4 is 23.5 Å². The van der Waals surface area contributed by atoms with Gasteiger partial charge in [-0.15, -0.1) is 0 Å². The molecule has 0 unspecified atom stereocenters. The van der Waals surface area contributed by atoms with E-state index in [-0.39, 0.29) is 5.17 Å². The Hall–Kier alpha value is -1.62. The molecule has 0 saturated heterocycles. The van der Waals surface area contributed by atoms with E-state index in [2.05, 4.69) is 17.0 Å². The molecule has 0 spiro atoms. The molecule has 1 aromatic carbocycles.